The molecule has 1 amide bonds. The molecule has 110 valence electrons. The molecule has 0 radical (unpaired) electrons. The first-order valence-corrected chi connectivity index (χ1v) is 6.23. The number of carbonyl (C=O) groups is 1. The second kappa shape index (κ2) is 5.32. The van der Waals surface area contributed by atoms with Gasteiger partial charge in [-0.3, -0.25) is 4.79 Å². The molecule has 1 aliphatic rings. The fourth-order valence-electron chi connectivity index (χ4n) is 2.23. The van der Waals surface area contributed by atoms with Gasteiger partial charge >= 0.3 is 6.18 Å². The highest BCUT2D eigenvalue weighted by Gasteiger charge is 2.32. The van der Waals surface area contributed by atoms with E-state index in [1.165, 1.54) is 0 Å². The van der Waals surface area contributed by atoms with E-state index in [0.29, 0.717) is 13.1 Å². The molecule has 0 atom stereocenters. The first-order chi connectivity index (χ1) is 9.29. The van der Waals surface area contributed by atoms with Crippen LogP contribution in [0.3, 0.4) is 0 Å². The van der Waals surface area contributed by atoms with Crippen molar-refractivity contribution in [3.05, 3.63) is 29.3 Å². The number of amides is 1. The van der Waals surface area contributed by atoms with Crippen LogP contribution >= 0.6 is 0 Å². The van der Waals surface area contributed by atoms with Crippen molar-refractivity contribution in [3.8, 4) is 0 Å². The monoisotopic (exact) mass is 287 g/mol. The van der Waals surface area contributed by atoms with Crippen molar-refractivity contribution in [2.45, 2.75) is 6.18 Å². The van der Waals surface area contributed by atoms with E-state index >= 15 is 0 Å². The van der Waals surface area contributed by atoms with E-state index in [4.69, 9.17) is 5.73 Å². The first kappa shape index (κ1) is 14.6. The summed E-state index contributed by atoms with van der Waals surface area (Å²) in [6.07, 6.45) is -4.43. The molecule has 2 rings (SSSR count). The van der Waals surface area contributed by atoms with Crippen molar-refractivity contribution in [2.24, 2.45) is 5.73 Å². The van der Waals surface area contributed by atoms with Gasteiger partial charge in [-0.2, -0.15) is 13.2 Å². The Labute approximate surface area is 114 Å². The van der Waals surface area contributed by atoms with Gasteiger partial charge in [0.05, 0.1) is 16.8 Å². The SMILES string of the molecule is CN1CCN(c2cc(C(F)(F)F)ccc2C(N)=O)CC1. The summed E-state index contributed by atoms with van der Waals surface area (Å²) in [5, 5.41) is 0. The van der Waals surface area contributed by atoms with Crippen LogP contribution in [0.5, 0.6) is 0 Å². The number of nitrogens with two attached hydrogens (primary N) is 1. The molecule has 1 aromatic carbocycles. The summed E-state index contributed by atoms with van der Waals surface area (Å²) < 4.78 is 38.4. The maximum absolute atomic E-state index is 12.8. The minimum atomic E-state index is -4.43. The fraction of sp³-hybridized carbons (Fsp3) is 0.462. The van der Waals surface area contributed by atoms with Gasteiger partial charge in [0, 0.05) is 26.2 Å². The van der Waals surface area contributed by atoms with Crippen LogP contribution in [0.25, 0.3) is 0 Å². The molecule has 7 heteroatoms. The molecule has 2 N–H and O–H groups in total. The Morgan fingerprint density at radius 3 is 2.30 bits per heavy atom. The second-order valence-corrected chi connectivity index (χ2v) is 4.88. The van der Waals surface area contributed by atoms with Gasteiger partial charge in [-0.25, -0.2) is 0 Å². The van der Waals surface area contributed by atoms with Gasteiger partial charge < -0.3 is 15.5 Å². The topological polar surface area (TPSA) is 49.6 Å². The van der Waals surface area contributed by atoms with Gasteiger partial charge in [-0.15, -0.1) is 0 Å². The zero-order valence-corrected chi connectivity index (χ0v) is 11.1. The normalized spacial score (nSPS) is 17.3. The predicted octanol–water partition coefficient (Wildman–Crippen LogP) is 1.56. The summed E-state index contributed by atoms with van der Waals surface area (Å²) in [6.45, 7) is 2.60. The van der Waals surface area contributed by atoms with E-state index in [-0.39, 0.29) is 11.3 Å². The van der Waals surface area contributed by atoms with E-state index in [9.17, 15) is 18.0 Å². The summed E-state index contributed by atoms with van der Waals surface area (Å²) >= 11 is 0. The average molecular weight is 287 g/mol. The van der Waals surface area contributed by atoms with Gasteiger partial charge in [0.15, 0.2) is 0 Å². The summed E-state index contributed by atoms with van der Waals surface area (Å²) in [4.78, 5) is 15.2. The zero-order chi connectivity index (χ0) is 14.9. The van der Waals surface area contributed by atoms with Gasteiger partial charge in [-0.05, 0) is 25.2 Å². The van der Waals surface area contributed by atoms with E-state index < -0.39 is 17.6 Å². The molecule has 4 nitrogen and oxygen atoms in total. The van der Waals surface area contributed by atoms with Crippen molar-refractivity contribution in [1.82, 2.24) is 4.90 Å². The Morgan fingerprint density at radius 1 is 1.20 bits per heavy atom. The molecule has 1 fully saturated rings. The van der Waals surface area contributed by atoms with Crippen molar-refractivity contribution in [2.75, 3.05) is 38.1 Å². The quantitative estimate of drug-likeness (QED) is 0.898. The van der Waals surface area contributed by atoms with Gasteiger partial charge in [0.25, 0.3) is 5.91 Å². The Kier molecular flexibility index (Phi) is 3.89. The highest BCUT2D eigenvalue weighted by atomic mass is 19.4. The molecule has 0 spiro atoms. The first-order valence-electron chi connectivity index (χ1n) is 6.23. The molecule has 1 aromatic rings. The molecule has 1 aliphatic heterocycles. The number of rotatable bonds is 2. The van der Waals surface area contributed by atoms with E-state index in [1.54, 1.807) is 4.90 Å². The molecule has 0 aromatic heterocycles. The highest BCUT2D eigenvalue weighted by molar-refractivity contribution is 5.98. The van der Waals surface area contributed by atoms with Crippen LogP contribution in [-0.2, 0) is 6.18 Å². The third-order valence-electron chi connectivity index (χ3n) is 3.43. The number of piperazine rings is 1. The van der Waals surface area contributed by atoms with E-state index in [0.717, 1.165) is 31.3 Å². The molecule has 20 heavy (non-hydrogen) atoms. The number of nitrogens with zero attached hydrogens (tertiary/aromatic N) is 2. The number of likely N-dealkylation sites (N-methyl/N-ethyl adjacent to an activating group) is 1. The molecule has 0 saturated carbocycles. The predicted molar refractivity (Wildman–Crippen MR) is 69.7 cm³/mol. The van der Waals surface area contributed by atoms with Crippen molar-refractivity contribution in [3.63, 3.8) is 0 Å². The number of carbonyl (C=O) groups excluding carboxylic acids is 1. The van der Waals surface area contributed by atoms with Crippen LogP contribution in [0.15, 0.2) is 18.2 Å². The maximum Gasteiger partial charge on any atom is 0.416 e. The van der Waals surface area contributed by atoms with E-state index in [2.05, 4.69) is 4.90 Å². The zero-order valence-electron chi connectivity index (χ0n) is 11.1. The van der Waals surface area contributed by atoms with Crippen LogP contribution in [0.1, 0.15) is 15.9 Å². The standard InChI is InChI=1S/C13H16F3N3O/c1-18-4-6-19(7-5-18)11-8-9(13(14,15)16)2-3-10(11)12(17)20/h2-3,8H,4-7H2,1H3,(H2,17,20). The molecule has 0 aliphatic carbocycles. The van der Waals surface area contributed by atoms with Gasteiger partial charge in [0.2, 0.25) is 0 Å². The summed E-state index contributed by atoms with van der Waals surface area (Å²) in [5.41, 5.74) is 4.87. The number of hydrogen-bond acceptors (Lipinski definition) is 3. The van der Waals surface area contributed by atoms with Gasteiger partial charge in [0.1, 0.15) is 0 Å². The maximum atomic E-state index is 12.8. The third-order valence-corrected chi connectivity index (χ3v) is 3.43. The lowest BCUT2D eigenvalue weighted by Crippen LogP contribution is -2.45. The van der Waals surface area contributed by atoms with Crippen LogP contribution < -0.4 is 10.6 Å². The number of anilines is 1. The summed E-state index contributed by atoms with van der Waals surface area (Å²) in [6, 6.07) is 3.05. The number of halogens is 3. The Hall–Kier alpha value is -1.76. The molecular formula is C13H16F3N3O. The Bertz CT molecular complexity index is 508. The summed E-state index contributed by atoms with van der Waals surface area (Å²) in [5.74, 6) is -0.715. The number of hydrogen-bond donors (Lipinski definition) is 1. The number of alkyl halides is 3. The molecule has 1 heterocycles. The van der Waals surface area contributed by atoms with Crippen LogP contribution in [-0.4, -0.2) is 44.0 Å². The largest absolute Gasteiger partial charge is 0.416 e. The molecule has 0 bridgehead atoms. The lowest BCUT2D eigenvalue weighted by Gasteiger charge is -2.35. The fourth-order valence-corrected chi connectivity index (χ4v) is 2.23. The molecule has 1 saturated heterocycles. The minimum absolute atomic E-state index is 0.127. The highest BCUT2D eigenvalue weighted by Crippen LogP contribution is 2.33. The van der Waals surface area contributed by atoms with Crippen molar-refractivity contribution in [1.29, 1.82) is 0 Å². The third kappa shape index (κ3) is 3.04. The van der Waals surface area contributed by atoms with E-state index in [1.807, 2.05) is 7.05 Å². The minimum Gasteiger partial charge on any atom is -0.368 e. The molecule has 0 unspecified atom stereocenters. The van der Waals surface area contributed by atoms with Crippen molar-refractivity contribution < 1.29 is 18.0 Å². The smallest absolute Gasteiger partial charge is 0.368 e. The summed E-state index contributed by atoms with van der Waals surface area (Å²) in [7, 11) is 1.94. The average Bonchev–Trinajstić information content (AvgIpc) is 2.37. The lowest BCUT2D eigenvalue weighted by molar-refractivity contribution is -0.137. The van der Waals surface area contributed by atoms with Crippen LogP contribution in [0.4, 0.5) is 18.9 Å². The van der Waals surface area contributed by atoms with Crippen molar-refractivity contribution >= 4 is 11.6 Å². The van der Waals surface area contributed by atoms with Gasteiger partial charge in [-0.1, -0.05) is 0 Å². The second-order valence-electron chi connectivity index (χ2n) is 4.88. The lowest BCUT2D eigenvalue weighted by atomic mass is 10.1. The Balaban J connectivity index is 2.39. The molecular weight excluding hydrogens is 271 g/mol. The Morgan fingerprint density at radius 2 is 1.80 bits per heavy atom. The number of benzene rings is 1. The van der Waals surface area contributed by atoms with Crippen LogP contribution in [0, 0.1) is 0 Å². The number of primary amides is 1. The van der Waals surface area contributed by atoms with Crippen LogP contribution in [0.2, 0.25) is 0 Å².